The molecule has 0 saturated heterocycles. The summed E-state index contributed by atoms with van der Waals surface area (Å²) in [6, 6.07) is 6.26. The van der Waals surface area contributed by atoms with Crippen LogP contribution >= 0.6 is 0 Å². The molecule has 0 fully saturated rings. The van der Waals surface area contributed by atoms with Crippen LogP contribution in [0.3, 0.4) is 0 Å². The number of pyridine rings is 1. The van der Waals surface area contributed by atoms with Gasteiger partial charge >= 0.3 is 0 Å². The molecular weight excluding hydrogens is 276 g/mol. The van der Waals surface area contributed by atoms with E-state index < -0.39 is 17.4 Å². The Kier molecular flexibility index (Phi) is 3.41. The Bertz CT molecular complexity index is 780. The van der Waals surface area contributed by atoms with Gasteiger partial charge in [-0.05, 0) is 43.0 Å². The van der Waals surface area contributed by atoms with E-state index in [2.05, 4.69) is 0 Å². The second-order valence-electron chi connectivity index (χ2n) is 5.14. The smallest absolute Gasteiger partial charge is 0.251 e. The van der Waals surface area contributed by atoms with Gasteiger partial charge in [0.25, 0.3) is 5.56 Å². The van der Waals surface area contributed by atoms with Crippen LogP contribution in [-0.2, 0) is 19.4 Å². The van der Waals surface area contributed by atoms with Crippen LogP contribution in [0, 0.1) is 11.6 Å². The molecule has 0 aliphatic heterocycles. The van der Waals surface area contributed by atoms with E-state index in [9.17, 15) is 18.4 Å². The minimum Gasteiger partial charge on any atom is -0.305 e. The van der Waals surface area contributed by atoms with Gasteiger partial charge in [-0.2, -0.15) is 0 Å². The van der Waals surface area contributed by atoms with Crippen molar-refractivity contribution in [2.75, 3.05) is 0 Å². The van der Waals surface area contributed by atoms with Gasteiger partial charge < -0.3 is 4.57 Å². The molecule has 2 aromatic rings. The van der Waals surface area contributed by atoms with Crippen LogP contribution in [0.2, 0.25) is 0 Å². The van der Waals surface area contributed by atoms with Crippen molar-refractivity contribution in [3.8, 4) is 0 Å². The maximum atomic E-state index is 13.2. The lowest BCUT2D eigenvalue weighted by molar-refractivity contribution is 0.0969. The molecule has 0 saturated carbocycles. The Morgan fingerprint density at radius 1 is 1.10 bits per heavy atom. The fourth-order valence-electron chi connectivity index (χ4n) is 2.71. The van der Waals surface area contributed by atoms with Gasteiger partial charge in [-0.3, -0.25) is 9.59 Å². The number of carbonyl (C=O) groups excluding carboxylic acids is 1. The molecule has 3 nitrogen and oxygen atoms in total. The molecule has 0 radical (unpaired) electrons. The van der Waals surface area contributed by atoms with Gasteiger partial charge in [0, 0.05) is 17.3 Å². The van der Waals surface area contributed by atoms with E-state index in [1.807, 2.05) is 0 Å². The molecule has 1 aromatic heterocycles. The lowest BCUT2D eigenvalue weighted by atomic mass is 10.1. The van der Waals surface area contributed by atoms with Gasteiger partial charge in [0.05, 0.1) is 6.54 Å². The Morgan fingerprint density at radius 2 is 1.90 bits per heavy atom. The van der Waals surface area contributed by atoms with Gasteiger partial charge in [0.15, 0.2) is 17.4 Å². The number of aryl methyl sites for hydroxylation is 1. The molecule has 1 aliphatic carbocycles. The van der Waals surface area contributed by atoms with Crippen molar-refractivity contribution in [1.29, 1.82) is 0 Å². The molecule has 21 heavy (non-hydrogen) atoms. The second-order valence-corrected chi connectivity index (χ2v) is 5.14. The molecule has 3 rings (SSSR count). The van der Waals surface area contributed by atoms with E-state index in [1.54, 1.807) is 6.07 Å². The summed E-state index contributed by atoms with van der Waals surface area (Å²) in [5, 5.41) is 0. The average Bonchev–Trinajstić information content (AvgIpc) is 2.93. The summed E-state index contributed by atoms with van der Waals surface area (Å²) in [6.07, 6.45) is 2.61. The van der Waals surface area contributed by atoms with Gasteiger partial charge in [0.2, 0.25) is 0 Å². The average molecular weight is 289 g/mol. The molecule has 0 spiro atoms. The molecule has 1 aromatic carbocycles. The highest BCUT2D eigenvalue weighted by atomic mass is 19.2. The largest absolute Gasteiger partial charge is 0.305 e. The Labute approximate surface area is 119 Å². The number of hydrogen-bond donors (Lipinski definition) is 0. The highest BCUT2D eigenvalue weighted by Gasteiger charge is 2.18. The molecule has 1 aliphatic rings. The topological polar surface area (TPSA) is 39.1 Å². The van der Waals surface area contributed by atoms with Crippen molar-refractivity contribution in [3.63, 3.8) is 0 Å². The molecule has 0 N–H and O–H groups in total. The Morgan fingerprint density at radius 3 is 2.67 bits per heavy atom. The van der Waals surface area contributed by atoms with Gasteiger partial charge in [-0.25, -0.2) is 8.78 Å². The summed E-state index contributed by atoms with van der Waals surface area (Å²) in [4.78, 5) is 24.1. The van der Waals surface area contributed by atoms with Crippen molar-refractivity contribution in [2.24, 2.45) is 0 Å². The Balaban J connectivity index is 1.94. The van der Waals surface area contributed by atoms with Crippen molar-refractivity contribution in [3.05, 3.63) is 69.1 Å². The summed E-state index contributed by atoms with van der Waals surface area (Å²) < 4.78 is 27.5. The number of rotatable bonds is 3. The Hall–Kier alpha value is -2.30. The lowest BCUT2D eigenvalue weighted by Crippen LogP contribution is -2.26. The summed E-state index contributed by atoms with van der Waals surface area (Å²) in [6.45, 7) is -0.146. The molecule has 0 bridgehead atoms. The predicted octanol–water partition coefficient (Wildman–Crippen LogP) is 2.50. The van der Waals surface area contributed by atoms with Crippen LogP contribution in [0.5, 0.6) is 0 Å². The number of hydrogen-bond acceptors (Lipinski definition) is 2. The SMILES string of the molecule is O=C(Cn1c2c(ccc1=O)CCC2)c1ccc(F)c(F)c1. The summed E-state index contributed by atoms with van der Waals surface area (Å²) in [5.41, 5.74) is 1.77. The zero-order valence-electron chi connectivity index (χ0n) is 11.2. The lowest BCUT2D eigenvalue weighted by Gasteiger charge is -2.11. The van der Waals surface area contributed by atoms with Gasteiger partial charge in [0.1, 0.15) is 0 Å². The standard InChI is InChI=1S/C16H13F2NO2/c17-12-6-4-11(8-13(12)18)15(20)9-19-14-3-1-2-10(14)5-7-16(19)21/h4-8H,1-3,9H2. The first-order chi connectivity index (χ1) is 10.1. The zero-order chi connectivity index (χ0) is 15.0. The first kappa shape index (κ1) is 13.7. The molecule has 0 amide bonds. The number of ketones is 1. The maximum absolute atomic E-state index is 13.2. The number of benzene rings is 1. The molecule has 1 heterocycles. The van der Waals surface area contributed by atoms with Crippen LogP contribution in [0.25, 0.3) is 0 Å². The maximum Gasteiger partial charge on any atom is 0.251 e. The third kappa shape index (κ3) is 2.51. The monoisotopic (exact) mass is 289 g/mol. The summed E-state index contributed by atoms with van der Waals surface area (Å²) >= 11 is 0. The fraction of sp³-hybridized carbons (Fsp3) is 0.250. The fourth-order valence-corrected chi connectivity index (χ4v) is 2.71. The number of aromatic nitrogens is 1. The van der Waals surface area contributed by atoms with E-state index in [4.69, 9.17) is 0 Å². The number of halogens is 2. The summed E-state index contributed by atoms with van der Waals surface area (Å²) in [5.74, 6) is -2.47. The highest BCUT2D eigenvalue weighted by Crippen LogP contribution is 2.20. The molecule has 0 unspecified atom stereocenters. The van der Waals surface area contributed by atoms with Crippen LogP contribution < -0.4 is 5.56 Å². The normalized spacial score (nSPS) is 13.2. The van der Waals surface area contributed by atoms with Crippen molar-refractivity contribution in [1.82, 2.24) is 4.57 Å². The van der Waals surface area contributed by atoms with Crippen LogP contribution in [0.15, 0.2) is 35.1 Å². The zero-order valence-corrected chi connectivity index (χ0v) is 11.2. The van der Waals surface area contributed by atoms with Crippen molar-refractivity contribution < 1.29 is 13.6 Å². The van der Waals surface area contributed by atoms with E-state index in [0.29, 0.717) is 0 Å². The number of Topliss-reactive ketones (excluding diaryl/α,β-unsaturated/α-hetero) is 1. The van der Waals surface area contributed by atoms with Gasteiger partial charge in [-0.15, -0.1) is 0 Å². The quantitative estimate of drug-likeness (QED) is 0.814. The van der Waals surface area contributed by atoms with Crippen molar-refractivity contribution in [2.45, 2.75) is 25.8 Å². The molecule has 108 valence electrons. The van der Waals surface area contributed by atoms with Crippen LogP contribution in [0.4, 0.5) is 8.78 Å². The number of nitrogens with zero attached hydrogens (tertiary/aromatic N) is 1. The third-order valence-corrected chi connectivity index (χ3v) is 3.79. The molecule has 0 atom stereocenters. The van der Waals surface area contributed by atoms with E-state index in [-0.39, 0.29) is 17.7 Å². The minimum atomic E-state index is -1.06. The predicted molar refractivity (Wildman–Crippen MR) is 73.4 cm³/mol. The third-order valence-electron chi connectivity index (χ3n) is 3.79. The van der Waals surface area contributed by atoms with E-state index >= 15 is 0 Å². The van der Waals surface area contributed by atoms with E-state index in [1.165, 1.54) is 16.7 Å². The molecular formula is C16H13F2NO2. The number of fused-ring (bicyclic) bond motifs is 1. The first-order valence-corrected chi connectivity index (χ1v) is 6.76. The molecule has 5 heteroatoms. The second kappa shape index (κ2) is 5.24. The van der Waals surface area contributed by atoms with Crippen molar-refractivity contribution >= 4 is 5.78 Å². The van der Waals surface area contributed by atoms with Gasteiger partial charge in [-0.1, -0.05) is 6.07 Å². The summed E-state index contributed by atoms with van der Waals surface area (Å²) in [7, 11) is 0. The number of carbonyl (C=O) groups is 1. The van der Waals surface area contributed by atoms with E-state index in [0.717, 1.165) is 42.7 Å². The first-order valence-electron chi connectivity index (χ1n) is 6.76. The highest BCUT2D eigenvalue weighted by molar-refractivity contribution is 5.95. The minimum absolute atomic E-state index is 0.0661. The van der Waals surface area contributed by atoms with Crippen LogP contribution in [-0.4, -0.2) is 10.4 Å². The van der Waals surface area contributed by atoms with Crippen LogP contribution in [0.1, 0.15) is 28.0 Å².